The van der Waals surface area contributed by atoms with Gasteiger partial charge in [0.15, 0.2) is 6.10 Å². The molecule has 0 aliphatic carbocycles. The smallest absolute Gasteiger partial charge is 0.328 e. The lowest BCUT2D eigenvalue weighted by Gasteiger charge is -2.17. The summed E-state index contributed by atoms with van der Waals surface area (Å²) in [4.78, 5) is 26.3. The lowest BCUT2D eigenvalue weighted by molar-refractivity contribution is -0.131. The van der Waals surface area contributed by atoms with E-state index in [-0.39, 0.29) is 0 Å². The first-order valence-electron chi connectivity index (χ1n) is 14.8. The summed E-state index contributed by atoms with van der Waals surface area (Å²) in [6.07, 6.45) is 1.83. The van der Waals surface area contributed by atoms with Crippen LogP contribution in [-0.4, -0.2) is 26.8 Å². The molecular weight excluding hydrogens is 578 g/mol. The Labute approximate surface area is 266 Å². The van der Waals surface area contributed by atoms with E-state index in [1.165, 1.54) is 6.08 Å². The highest BCUT2D eigenvalue weighted by Gasteiger charge is 2.17. The van der Waals surface area contributed by atoms with E-state index in [1.807, 2.05) is 121 Å². The maximum atomic E-state index is 10.9. The monoisotopic (exact) mass is 609 g/mol. The van der Waals surface area contributed by atoms with Crippen LogP contribution in [0.2, 0.25) is 0 Å². The van der Waals surface area contributed by atoms with E-state index < -0.39 is 12.1 Å². The van der Waals surface area contributed by atoms with Crippen LogP contribution in [0.4, 0.5) is 0 Å². The fourth-order valence-electron chi connectivity index (χ4n) is 4.84. The number of ether oxygens (including phenoxy) is 2. The Hall–Kier alpha value is -6.02. The van der Waals surface area contributed by atoms with Gasteiger partial charge in [0.05, 0.1) is 28.1 Å². The Balaban J connectivity index is 1.16. The first-order valence-corrected chi connectivity index (χ1v) is 14.8. The zero-order valence-corrected chi connectivity index (χ0v) is 25.1. The second-order valence-corrected chi connectivity index (χ2v) is 10.6. The summed E-state index contributed by atoms with van der Waals surface area (Å²) in [5.41, 5.74) is 5.61. The number of allylic oxidation sites excluding steroid dienone is 1. The number of oxime groups is 1. The number of para-hydroxylation sites is 2. The Morgan fingerprint density at radius 2 is 1.15 bits per heavy atom. The maximum absolute atomic E-state index is 10.9. The van der Waals surface area contributed by atoms with Crippen molar-refractivity contribution in [1.29, 1.82) is 0 Å². The van der Waals surface area contributed by atoms with Gasteiger partial charge in [0, 0.05) is 16.8 Å². The predicted molar refractivity (Wildman–Crippen MR) is 178 cm³/mol. The van der Waals surface area contributed by atoms with Crippen LogP contribution < -0.4 is 9.47 Å². The van der Waals surface area contributed by atoms with E-state index in [1.54, 1.807) is 6.92 Å². The molecule has 0 saturated heterocycles. The fourth-order valence-corrected chi connectivity index (χ4v) is 4.84. The maximum Gasteiger partial charge on any atom is 0.328 e. The van der Waals surface area contributed by atoms with Crippen LogP contribution in [0.3, 0.4) is 0 Å². The van der Waals surface area contributed by atoms with Gasteiger partial charge in [-0.3, -0.25) is 0 Å². The summed E-state index contributed by atoms with van der Waals surface area (Å²) in [6, 6.07) is 39.1. The van der Waals surface area contributed by atoms with Crippen LogP contribution in [-0.2, 0) is 22.8 Å². The molecule has 0 amide bonds. The lowest BCUT2D eigenvalue weighted by Crippen LogP contribution is -2.05. The first kappa shape index (κ1) is 30.0. The Morgan fingerprint density at radius 1 is 0.674 bits per heavy atom. The highest BCUT2D eigenvalue weighted by Crippen LogP contribution is 2.30. The summed E-state index contributed by atoms with van der Waals surface area (Å²) in [5, 5.41) is 15.3. The van der Waals surface area contributed by atoms with E-state index in [0.717, 1.165) is 50.4 Å². The minimum Gasteiger partial charge on any atom is -0.487 e. The van der Waals surface area contributed by atoms with Crippen molar-refractivity contribution in [1.82, 2.24) is 9.97 Å². The van der Waals surface area contributed by atoms with E-state index >= 15 is 0 Å². The van der Waals surface area contributed by atoms with Gasteiger partial charge in [0.2, 0.25) is 0 Å². The average molecular weight is 610 g/mol. The molecule has 4 aromatic carbocycles. The van der Waals surface area contributed by atoms with Gasteiger partial charge in [-0.25, -0.2) is 14.8 Å². The molecule has 0 unspecified atom stereocenters. The highest BCUT2D eigenvalue weighted by atomic mass is 16.6. The normalized spacial score (nSPS) is 11.7. The van der Waals surface area contributed by atoms with Crippen LogP contribution >= 0.6 is 0 Å². The van der Waals surface area contributed by atoms with Crippen LogP contribution in [0.5, 0.6) is 11.5 Å². The topological polar surface area (TPSA) is 103 Å². The molecule has 8 nitrogen and oxygen atoms in total. The van der Waals surface area contributed by atoms with Gasteiger partial charge in [-0.1, -0.05) is 78.0 Å². The Morgan fingerprint density at radius 3 is 1.63 bits per heavy atom. The summed E-state index contributed by atoms with van der Waals surface area (Å²) >= 11 is 0. The second-order valence-electron chi connectivity index (χ2n) is 10.6. The van der Waals surface area contributed by atoms with Crippen molar-refractivity contribution in [2.45, 2.75) is 26.2 Å². The van der Waals surface area contributed by atoms with Gasteiger partial charge in [0.25, 0.3) is 0 Å². The molecule has 2 heterocycles. The van der Waals surface area contributed by atoms with Gasteiger partial charge < -0.3 is 19.4 Å². The number of rotatable bonds is 12. The van der Waals surface area contributed by atoms with Crippen molar-refractivity contribution in [3.63, 3.8) is 0 Å². The molecule has 0 atom stereocenters. The minimum absolute atomic E-state index is 0.333. The summed E-state index contributed by atoms with van der Waals surface area (Å²) in [7, 11) is 0. The van der Waals surface area contributed by atoms with E-state index in [4.69, 9.17) is 19.4 Å². The molecule has 0 radical (unpaired) electrons. The number of nitrogens with zero attached hydrogens (tertiary/aromatic N) is 3. The summed E-state index contributed by atoms with van der Waals surface area (Å²) < 4.78 is 12.0. The molecule has 228 valence electrons. The van der Waals surface area contributed by atoms with Crippen molar-refractivity contribution >= 4 is 33.5 Å². The number of carbonyl (C=O) groups is 1. The lowest BCUT2D eigenvalue weighted by atomic mass is 10.0. The highest BCUT2D eigenvalue weighted by molar-refractivity contribution is 5.97. The number of carboxylic acid groups (broad SMARTS) is 1. The third-order valence-electron chi connectivity index (χ3n) is 7.22. The number of hydrogen-bond donors (Lipinski definition) is 1. The summed E-state index contributed by atoms with van der Waals surface area (Å²) in [5.74, 6) is 0.315. The molecule has 0 bridgehead atoms. The number of carboxylic acids is 1. The number of aliphatic carboxylic acids is 1. The number of pyridine rings is 2. The predicted octanol–water partition coefficient (Wildman–Crippen LogP) is 8.06. The summed E-state index contributed by atoms with van der Waals surface area (Å²) in [6.45, 7) is 2.34. The van der Waals surface area contributed by atoms with Crippen LogP contribution in [0, 0.1) is 0 Å². The van der Waals surface area contributed by atoms with Crippen molar-refractivity contribution in [2.75, 3.05) is 0 Å². The third-order valence-corrected chi connectivity index (χ3v) is 7.22. The molecule has 0 aliphatic heterocycles. The molecule has 1 N–H and O–H groups in total. The van der Waals surface area contributed by atoms with Crippen molar-refractivity contribution in [3.05, 3.63) is 156 Å². The number of hydrogen-bond acceptors (Lipinski definition) is 7. The molecule has 6 rings (SSSR count). The third kappa shape index (κ3) is 7.73. The zero-order valence-electron chi connectivity index (χ0n) is 25.1. The van der Waals surface area contributed by atoms with Gasteiger partial charge in [-0.05, 0) is 72.7 Å². The minimum atomic E-state index is -1.06. The first-order chi connectivity index (χ1) is 22.5. The molecule has 0 aliphatic rings. The Kier molecular flexibility index (Phi) is 9.25. The average Bonchev–Trinajstić information content (AvgIpc) is 3.10. The van der Waals surface area contributed by atoms with Gasteiger partial charge in [-0.15, -0.1) is 0 Å². The SMILES string of the molecule is CC(/C=C/C(=O)O)=N\OC(c1ccc(OCc2ccc3ccccc3n2)cc1)c1ccc(OCc2ccc3ccccc3n2)cc1. The molecule has 2 aromatic heterocycles. The molecule has 0 saturated carbocycles. The van der Waals surface area contributed by atoms with E-state index in [9.17, 15) is 4.79 Å². The van der Waals surface area contributed by atoms with E-state index in [0.29, 0.717) is 30.4 Å². The van der Waals surface area contributed by atoms with Crippen LogP contribution in [0.1, 0.15) is 35.5 Å². The van der Waals surface area contributed by atoms with Gasteiger partial charge in [-0.2, -0.15) is 0 Å². The molecule has 8 heteroatoms. The largest absolute Gasteiger partial charge is 0.487 e. The standard InChI is InChI=1S/C38H31N3O5/c1-26(10-23-37(42)43)41-46-38(29-13-19-33(20-14-29)44-24-31-17-11-27-6-2-4-8-35(27)39-31)30-15-21-34(22-16-30)45-25-32-18-12-28-7-3-5-9-36(28)40-32/h2-23,38H,24-25H2,1H3,(H,42,43)/b23-10+,41-26+. The fraction of sp³-hybridized carbons (Fsp3) is 0.105. The number of aromatic nitrogens is 2. The molecule has 0 fully saturated rings. The van der Waals surface area contributed by atoms with Crippen LogP contribution in [0.25, 0.3) is 21.8 Å². The molecule has 6 aromatic rings. The molecule has 0 spiro atoms. The number of benzene rings is 4. The molecular formula is C38H31N3O5. The Bertz CT molecular complexity index is 1890. The van der Waals surface area contributed by atoms with E-state index in [2.05, 4.69) is 15.1 Å². The number of fused-ring (bicyclic) bond motifs is 2. The zero-order chi connectivity index (χ0) is 31.7. The quantitative estimate of drug-likeness (QED) is 0.0850. The van der Waals surface area contributed by atoms with Crippen LogP contribution in [0.15, 0.2) is 139 Å². The van der Waals surface area contributed by atoms with Crippen molar-refractivity contribution < 1.29 is 24.2 Å². The van der Waals surface area contributed by atoms with Crippen molar-refractivity contribution in [3.8, 4) is 11.5 Å². The molecule has 46 heavy (non-hydrogen) atoms. The van der Waals surface area contributed by atoms with Gasteiger partial charge >= 0.3 is 5.97 Å². The van der Waals surface area contributed by atoms with Gasteiger partial charge in [0.1, 0.15) is 24.7 Å². The van der Waals surface area contributed by atoms with Crippen molar-refractivity contribution in [2.24, 2.45) is 5.16 Å². The second kappa shape index (κ2) is 14.2.